The van der Waals surface area contributed by atoms with Crippen LogP contribution >= 0.6 is 27.3 Å². The molecule has 0 saturated carbocycles. The zero-order valence-electron chi connectivity index (χ0n) is 12.2. The average Bonchev–Trinajstić information content (AvgIpc) is 3.03. The summed E-state index contributed by atoms with van der Waals surface area (Å²) in [7, 11) is 0. The summed E-state index contributed by atoms with van der Waals surface area (Å²) in [6, 6.07) is 7.67. The number of rotatable bonds is 3. The van der Waals surface area contributed by atoms with Crippen LogP contribution in [0.5, 0.6) is 0 Å². The Morgan fingerprint density at radius 3 is 2.52 bits per heavy atom. The molecule has 1 atom stereocenters. The van der Waals surface area contributed by atoms with E-state index in [1.807, 2.05) is 17.5 Å². The Hall–Kier alpha value is -0.890. The fourth-order valence-electron chi connectivity index (χ4n) is 2.85. The van der Waals surface area contributed by atoms with Crippen molar-refractivity contribution in [2.75, 3.05) is 26.2 Å². The molecule has 1 N–H and O–H groups in total. The van der Waals surface area contributed by atoms with Crippen LogP contribution in [0.15, 0.2) is 40.2 Å². The third-order valence-corrected chi connectivity index (χ3v) is 5.59. The molecule has 0 spiro atoms. The molecule has 23 heavy (non-hydrogen) atoms. The molecule has 124 valence electrons. The van der Waals surface area contributed by atoms with Gasteiger partial charge in [0.25, 0.3) is 0 Å². The number of nitrogens with one attached hydrogen (secondary N) is 1. The molecule has 1 aromatic carbocycles. The number of hydrogen-bond donors (Lipinski definition) is 1. The van der Waals surface area contributed by atoms with Gasteiger partial charge < -0.3 is 5.32 Å². The van der Waals surface area contributed by atoms with E-state index in [9.17, 15) is 13.2 Å². The van der Waals surface area contributed by atoms with Crippen LogP contribution in [0.25, 0.3) is 0 Å². The van der Waals surface area contributed by atoms with Crippen molar-refractivity contribution in [2.45, 2.75) is 12.2 Å². The topological polar surface area (TPSA) is 15.3 Å². The van der Waals surface area contributed by atoms with Crippen molar-refractivity contribution < 1.29 is 13.2 Å². The molecule has 1 aromatic heterocycles. The van der Waals surface area contributed by atoms with Gasteiger partial charge in [0.15, 0.2) is 0 Å². The third kappa shape index (κ3) is 3.79. The first-order chi connectivity index (χ1) is 11.0. The Bertz CT molecular complexity index is 652. The summed E-state index contributed by atoms with van der Waals surface area (Å²) < 4.78 is 40.0. The van der Waals surface area contributed by atoms with Gasteiger partial charge in [0.05, 0.1) is 11.6 Å². The van der Waals surface area contributed by atoms with E-state index < -0.39 is 11.7 Å². The molecule has 3 rings (SSSR count). The third-order valence-electron chi connectivity index (χ3n) is 3.95. The van der Waals surface area contributed by atoms with Crippen molar-refractivity contribution in [3.8, 4) is 0 Å². The molecule has 2 heterocycles. The van der Waals surface area contributed by atoms with Crippen molar-refractivity contribution in [2.24, 2.45) is 0 Å². The van der Waals surface area contributed by atoms with E-state index in [4.69, 9.17) is 0 Å². The van der Waals surface area contributed by atoms with Crippen molar-refractivity contribution in [3.05, 3.63) is 56.2 Å². The van der Waals surface area contributed by atoms with Crippen LogP contribution in [0.3, 0.4) is 0 Å². The highest BCUT2D eigenvalue weighted by atomic mass is 79.9. The lowest BCUT2D eigenvalue weighted by atomic mass is 10.00. The first kappa shape index (κ1) is 17.0. The van der Waals surface area contributed by atoms with Gasteiger partial charge in [-0.05, 0) is 35.2 Å². The fourth-order valence-corrected chi connectivity index (χ4v) is 4.19. The minimum absolute atomic E-state index is 0.159. The van der Waals surface area contributed by atoms with Crippen LogP contribution in [0, 0.1) is 0 Å². The van der Waals surface area contributed by atoms with Gasteiger partial charge in [0, 0.05) is 35.5 Å². The van der Waals surface area contributed by atoms with Crippen molar-refractivity contribution >= 4 is 27.3 Å². The molecule has 0 bridgehead atoms. The number of hydrogen-bond acceptors (Lipinski definition) is 3. The van der Waals surface area contributed by atoms with E-state index in [-0.39, 0.29) is 6.04 Å². The molecule has 0 radical (unpaired) electrons. The molecule has 1 aliphatic rings. The Kier molecular flexibility index (Phi) is 5.10. The molecule has 0 aliphatic carbocycles. The predicted molar refractivity (Wildman–Crippen MR) is 89.7 cm³/mol. The van der Waals surface area contributed by atoms with Gasteiger partial charge in [-0.1, -0.05) is 22.0 Å². The zero-order chi connectivity index (χ0) is 16.4. The second kappa shape index (κ2) is 6.93. The summed E-state index contributed by atoms with van der Waals surface area (Å²) in [6.45, 7) is 3.31. The zero-order valence-corrected chi connectivity index (χ0v) is 14.6. The average molecular weight is 405 g/mol. The lowest BCUT2D eigenvalue weighted by Crippen LogP contribution is -2.45. The van der Waals surface area contributed by atoms with Crippen molar-refractivity contribution in [1.82, 2.24) is 10.2 Å². The van der Waals surface area contributed by atoms with E-state index in [0.717, 1.165) is 37.1 Å². The van der Waals surface area contributed by atoms with Gasteiger partial charge in [-0.25, -0.2) is 0 Å². The van der Waals surface area contributed by atoms with Crippen LogP contribution in [-0.2, 0) is 6.18 Å². The normalized spacial score (nSPS) is 18.1. The Labute approximate surface area is 145 Å². The van der Waals surface area contributed by atoms with Crippen molar-refractivity contribution in [3.63, 3.8) is 0 Å². The minimum Gasteiger partial charge on any atom is -0.314 e. The highest BCUT2D eigenvalue weighted by molar-refractivity contribution is 9.10. The first-order valence-corrected chi connectivity index (χ1v) is 8.99. The quantitative estimate of drug-likeness (QED) is 0.808. The molecular formula is C16H16BrF3N2S. The molecule has 1 fully saturated rings. The molecule has 0 unspecified atom stereocenters. The van der Waals surface area contributed by atoms with Crippen LogP contribution in [0.1, 0.15) is 22.0 Å². The molecule has 2 aromatic rings. The van der Waals surface area contributed by atoms with Crippen LogP contribution in [0.4, 0.5) is 13.2 Å². The molecule has 1 saturated heterocycles. The maximum atomic E-state index is 13.1. The van der Waals surface area contributed by atoms with E-state index in [0.29, 0.717) is 10.0 Å². The second-order valence-corrected chi connectivity index (χ2v) is 7.27. The number of halogens is 4. The number of piperazine rings is 1. The fraction of sp³-hybridized carbons (Fsp3) is 0.375. The maximum absolute atomic E-state index is 13.1. The second-order valence-electron chi connectivity index (χ2n) is 5.44. The largest absolute Gasteiger partial charge is 0.416 e. The number of benzene rings is 1. The number of nitrogens with zero attached hydrogens (tertiary/aromatic N) is 1. The summed E-state index contributed by atoms with van der Waals surface area (Å²) in [4.78, 5) is 3.30. The van der Waals surface area contributed by atoms with Crippen molar-refractivity contribution in [1.29, 1.82) is 0 Å². The molecule has 2 nitrogen and oxygen atoms in total. The Morgan fingerprint density at radius 2 is 1.91 bits per heavy atom. The molecular weight excluding hydrogens is 389 g/mol. The molecule has 7 heteroatoms. The Balaban J connectivity index is 2.06. The Morgan fingerprint density at radius 1 is 1.17 bits per heavy atom. The number of alkyl halides is 3. The monoisotopic (exact) mass is 404 g/mol. The maximum Gasteiger partial charge on any atom is 0.416 e. The van der Waals surface area contributed by atoms with Gasteiger partial charge in [-0.3, -0.25) is 4.90 Å². The van der Waals surface area contributed by atoms with E-state index >= 15 is 0 Å². The smallest absolute Gasteiger partial charge is 0.314 e. The lowest BCUT2D eigenvalue weighted by molar-refractivity contribution is -0.137. The van der Waals surface area contributed by atoms with Gasteiger partial charge in [-0.2, -0.15) is 13.2 Å². The first-order valence-electron chi connectivity index (χ1n) is 7.31. The van der Waals surface area contributed by atoms with Gasteiger partial charge >= 0.3 is 6.18 Å². The van der Waals surface area contributed by atoms with Crippen LogP contribution in [0.2, 0.25) is 0 Å². The van der Waals surface area contributed by atoms with Gasteiger partial charge in [-0.15, -0.1) is 11.3 Å². The minimum atomic E-state index is -4.33. The van der Waals surface area contributed by atoms with Gasteiger partial charge in [0.2, 0.25) is 0 Å². The highest BCUT2D eigenvalue weighted by Gasteiger charge is 2.33. The summed E-state index contributed by atoms with van der Waals surface area (Å²) in [5.74, 6) is 0. The predicted octanol–water partition coefficient (Wildman–Crippen LogP) is 4.52. The standard InChI is InChI=1S/C16H16BrF3N2S/c17-13-4-3-11(16(18,19)20)10-12(13)15(14-2-1-9-23-14)22-7-5-21-6-8-22/h1-4,9-10,15,21H,5-8H2/t15-/m1/s1. The SMILES string of the molecule is FC(F)(F)c1ccc(Br)c([C@H](c2cccs2)N2CCNCC2)c1. The van der Waals surface area contributed by atoms with Crippen LogP contribution < -0.4 is 5.32 Å². The summed E-state index contributed by atoms with van der Waals surface area (Å²) in [5, 5.41) is 5.25. The van der Waals surface area contributed by atoms with E-state index in [1.54, 1.807) is 11.3 Å². The van der Waals surface area contributed by atoms with Crippen LogP contribution in [-0.4, -0.2) is 31.1 Å². The lowest BCUT2D eigenvalue weighted by Gasteiger charge is -2.35. The summed E-state index contributed by atoms with van der Waals surface area (Å²) in [6.07, 6.45) is -4.33. The highest BCUT2D eigenvalue weighted by Crippen LogP contribution is 2.39. The molecule has 0 amide bonds. The van der Waals surface area contributed by atoms with E-state index in [2.05, 4.69) is 26.1 Å². The van der Waals surface area contributed by atoms with E-state index in [1.165, 1.54) is 12.1 Å². The summed E-state index contributed by atoms with van der Waals surface area (Å²) >= 11 is 5.02. The molecule has 1 aliphatic heterocycles. The van der Waals surface area contributed by atoms with Gasteiger partial charge in [0.1, 0.15) is 0 Å². The number of thiophene rings is 1. The summed E-state index contributed by atoms with van der Waals surface area (Å²) in [5.41, 5.74) is 0.0663.